The summed E-state index contributed by atoms with van der Waals surface area (Å²) in [4.78, 5) is 42.1. The van der Waals surface area contributed by atoms with Crippen LogP contribution in [0.4, 0.5) is 13.2 Å². The third-order valence-corrected chi connectivity index (χ3v) is 7.78. The Hall–Kier alpha value is -4.16. The number of halogens is 3. The molecule has 3 N–H and O–H groups in total. The lowest BCUT2D eigenvalue weighted by Crippen LogP contribution is -2.53. The first-order valence-corrected chi connectivity index (χ1v) is 13.1. The maximum Gasteiger partial charge on any atom is 0.274 e. The van der Waals surface area contributed by atoms with Gasteiger partial charge >= 0.3 is 0 Å². The molecule has 1 fully saturated rings. The topological polar surface area (TPSA) is 121 Å². The molecule has 2 aromatic carbocycles. The number of carbonyl (C=O) groups is 2. The summed E-state index contributed by atoms with van der Waals surface area (Å²) in [5.74, 6) is -5.59. The summed E-state index contributed by atoms with van der Waals surface area (Å²) in [5, 5.41) is 23.8. The molecule has 41 heavy (non-hydrogen) atoms. The van der Waals surface area contributed by atoms with Crippen LogP contribution < -0.4 is 15.5 Å². The molecule has 2 bridgehead atoms. The largest absolute Gasteiger partial charge is 0.483 e. The average molecular weight is 572 g/mol. The van der Waals surface area contributed by atoms with Crippen LogP contribution in [0.5, 0.6) is 5.75 Å². The first-order chi connectivity index (χ1) is 19.5. The number of amides is 2. The molecule has 9 nitrogen and oxygen atoms in total. The zero-order chi connectivity index (χ0) is 29.5. The standard InChI is InChI=1S/C29H28F3N3O6/c1-16-7-8-29(40,15-36)23-13-34(16)28(39)24-26(41-14-17-5-3-2-4-6-17)25(37)20(12-35(23)24)27(38)33-11-19-21(31)9-18(30)10-22(19)32/h2-6,9-10,12,16,23,36,40H,7-8,11,13-15H2,1H3,(H,33,38)/t16?,23?,29-/m1/s1. The van der Waals surface area contributed by atoms with E-state index in [2.05, 4.69) is 5.32 Å². The first kappa shape index (κ1) is 28.4. The summed E-state index contributed by atoms with van der Waals surface area (Å²) in [7, 11) is 0. The van der Waals surface area contributed by atoms with Crippen molar-refractivity contribution in [2.24, 2.45) is 0 Å². The van der Waals surface area contributed by atoms with Crippen molar-refractivity contribution in [1.29, 1.82) is 0 Å². The number of carbonyl (C=O) groups excluding carboxylic acids is 2. The van der Waals surface area contributed by atoms with Crippen molar-refractivity contribution in [3.63, 3.8) is 0 Å². The quantitative estimate of drug-likeness (QED) is 0.401. The summed E-state index contributed by atoms with van der Waals surface area (Å²) in [6.07, 6.45) is 1.60. The van der Waals surface area contributed by atoms with Crippen molar-refractivity contribution in [2.75, 3.05) is 13.2 Å². The Kier molecular flexibility index (Phi) is 7.62. The molecule has 2 aliphatic heterocycles. The molecule has 0 aliphatic carbocycles. The Bertz CT molecular complexity index is 1540. The molecule has 3 atom stereocenters. The van der Waals surface area contributed by atoms with Crippen LogP contribution >= 0.6 is 0 Å². The van der Waals surface area contributed by atoms with E-state index in [1.165, 1.54) is 9.47 Å². The lowest BCUT2D eigenvalue weighted by Gasteiger charge is -2.42. The van der Waals surface area contributed by atoms with Gasteiger partial charge in [0.15, 0.2) is 11.4 Å². The van der Waals surface area contributed by atoms with E-state index in [1.54, 1.807) is 37.3 Å². The van der Waals surface area contributed by atoms with E-state index in [1.807, 2.05) is 0 Å². The number of nitrogens with one attached hydrogen (secondary N) is 1. The van der Waals surface area contributed by atoms with E-state index in [9.17, 15) is 37.8 Å². The molecule has 1 aromatic heterocycles. The van der Waals surface area contributed by atoms with Gasteiger partial charge in [0.25, 0.3) is 11.8 Å². The molecule has 12 heteroatoms. The summed E-state index contributed by atoms with van der Waals surface area (Å²) in [6.45, 7) is 0.317. The molecule has 5 rings (SSSR count). The molecule has 3 heterocycles. The number of fused-ring (bicyclic) bond motifs is 4. The number of benzene rings is 2. The maximum atomic E-state index is 14.2. The van der Waals surface area contributed by atoms with Gasteiger partial charge in [0, 0.05) is 43.0 Å². The smallest absolute Gasteiger partial charge is 0.274 e. The van der Waals surface area contributed by atoms with Gasteiger partial charge in [-0.05, 0) is 25.3 Å². The second-order valence-electron chi connectivity index (χ2n) is 10.4. The van der Waals surface area contributed by atoms with Gasteiger partial charge in [-0.3, -0.25) is 14.4 Å². The van der Waals surface area contributed by atoms with E-state index >= 15 is 0 Å². The molecular formula is C29H28F3N3O6. The highest BCUT2D eigenvalue weighted by Crippen LogP contribution is 2.40. The van der Waals surface area contributed by atoms with E-state index in [0.29, 0.717) is 24.1 Å². The van der Waals surface area contributed by atoms with Gasteiger partial charge < -0.3 is 29.7 Å². The van der Waals surface area contributed by atoms with Gasteiger partial charge in [-0.1, -0.05) is 30.3 Å². The Balaban J connectivity index is 1.60. The SMILES string of the molecule is CC1CC[C@@](O)(CO)C2CN1C(=O)c1c(OCc3ccccc3)c(=O)c(C(=O)NCc3c(F)cc(F)cc3F)cn12. The van der Waals surface area contributed by atoms with Crippen LogP contribution in [0.15, 0.2) is 53.5 Å². The Morgan fingerprint density at radius 3 is 2.49 bits per heavy atom. The fraction of sp³-hybridized carbons (Fsp3) is 0.345. The van der Waals surface area contributed by atoms with E-state index in [4.69, 9.17) is 4.74 Å². The lowest BCUT2D eigenvalue weighted by atomic mass is 9.89. The van der Waals surface area contributed by atoms with Crippen LogP contribution in [-0.4, -0.2) is 56.3 Å². The third kappa shape index (κ3) is 5.20. The monoisotopic (exact) mass is 571 g/mol. The van der Waals surface area contributed by atoms with Gasteiger partial charge in [-0.15, -0.1) is 0 Å². The van der Waals surface area contributed by atoms with Crippen molar-refractivity contribution >= 4 is 11.8 Å². The maximum absolute atomic E-state index is 14.2. The van der Waals surface area contributed by atoms with Gasteiger partial charge in [-0.25, -0.2) is 13.2 Å². The van der Waals surface area contributed by atoms with Crippen LogP contribution in [-0.2, 0) is 13.2 Å². The fourth-order valence-electron chi connectivity index (χ4n) is 5.36. The highest BCUT2D eigenvalue weighted by atomic mass is 19.1. The number of aliphatic hydroxyl groups excluding tert-OH is 1. The average Bonchev–Trinajstić information content (AvgIpc) is 3.06. The predicted octanol–water partition coefficient (Wildman–Crippen LogP) is 2.68. The number of aliphatic hydroxyl groups is 2. The van der Waals surface area contributed by atoms with Crippen molar-refractivity contribution in [3.8, 4) is 5.75 Å². The van der Waals surface area contributed by atoms with Crippen LogP contribution in [0.25, 0.3) is 0 Å². The van der Waals surface area contributed by atoms with Crippen LogP contribution in [0.1, 0.15) is 57.8 Å². The number of hydrogen-bond acceptors (Lipinski definition) is 6. The van der Waals surface area contributed by atoms with Crippen LogP contribution in [0.3, 0.4) is 0 Å². The number of aromatic nitrogens is 1. The summed E-state index contributed by atoms with van der Waals surface area (Å²) in [5.41, 5.74) is -3.29. The lowest BCUT2D eigenvalue weighted by molar-refractivity contribution is -0.0636. The molecule has 216 valence electrons. The molecule has 0 spiro atoms. The Labute approximate surface area is 232 Å². The van der Waals surface area contributed by atoms with E-state index < -0.39 is 76.4 Å². The number of hydrogen-bond donors (Lipinski definition) is 3. The van der Waals surface area contributed by atoms with Gasteiger partial charge in [0.05, 0.1) is 12.6 Å². The van der Waals surface area contributed by atoms with E-state index in [-0.39, 0.29) is 31.3 Å². The molecule has 2 unspecified atom stereocenters. The van der Waals surface area contributed by atoms with Crippen LogP contribution in [0, 0.1) is 17.5 Å². The molecular weight excluding hydrogens is 543 g/mol. The van der Waals surface area contributed by atoms with Crippen molar-refractivity contribution in [1.82, 2.24) is 14.8 Å². The Morgan fingerprint density at radius 1 is 1.15 bits per heavy atom. The Morgan fingerprint density at radius 2 is 1.83 bits per heavy atom. The number of pyridine rings is 1. The van der Waals surface area contributed by atoms with E-state index in [0.717, 1.165) is 6.20 Å². The highest BCUT2D eigenvalue weighted by molar-refractivity contribution is 5.99. The molecule has 0 radical (unpaired) electrons. The summed E-state index contributed by atoms with van der Waals surface area (Å²) in [6, 6.07) is 8.45. The summed E-state index contributed by atoms with van der Waals surface area (Å²) >= 11 is 0. The molecule has 3 aromatic rings. The fourth-order valence-corrected chi connectivity index (χ4v) is 5.36. The minimum Gasteiger partial charge on any atom is -0.483 e. The van der Waals surface area contributed by atoms with Crippen molar-refractivity contribution in [2.45, 2.75) is 50.6 Å². The van der Waals surface area contributed by atoms with Gasteiger partial charge in [-0.2, -0.15) is 0 Å². The highest BCUT2D eigenvalue weighted by Gasteiger charge is 2.49. The number of ether oxygens (including phenoxy) is 1. The second-order valence-corrected chi connectivity index (χ2v) is 10.4. The third-order valence-electron chi connectivity index (χ3n) is 7.78. The minimum absolute atomic E-state index is 0.00187. The van der Waals surface area contributed by atoms with Gasteiger partial charge in [0.1, 0.15) is 35.2 Å². The molecule has 0 saturated carbocycles. The minimum atomic E-state index is -1.70. The molecule has 1 saturated heterocycles. The zero-order valence-electron chi connectivity index (χ0n) is 22.1. The molecule has 2 aliphatic rings. The first-order valence-electron chi connectivity index (χ1n) is 13.1. The normalized spacial score (nSPS) is 21.7. The summed E-state index contributed by atoms with van der Waals surface area (Å²) < 4.78 is 48.8. The number of rotatable bonds is 7. The predicted molar refractivity (Wildman–Crippen MR) is 140 cm³/mol. The van der Waals surface area contributed by atoms with Gasteiger partial charge in [0.2, 0.25) is 5.43 Å². The number of nitrogens with zero attached hydrogens (tertiary/aromatic N) is 2. The van der Waals surface area contributed by atoms with Crippen molar-refractivity contribution < 1.29 is 37.7 Å². The zero-order valence-corrected chi connectivity index (χ0v) is 22.1. The second kappa shape index (κ2) is 11.0. The van der Waals surface area contributed by atoms with Crippen molar-refractivity contribution in [3.05, 3.63) is 98.7 Å². The van der Waals surface area contributed by atoms with Crippen LogP contribution in [0.2, 0.25) is 0 Å². The molecule has 2 amide bonds.